The summed E-state index contributed by atoms with van der Waals surface area (Å²) in [5.41, 5.74) is 2.18. The average molecular weight is 463 g/mol. The largest absolute Gasteiger partial charge is 0.489 e. The number of hydrogen-bond donors (Lipinski definition) is 0. The summed E-state index contributed by atoms with van der Waals surface area (Å²) in [4.78, 5) is 15.1. The lowest BCUT2D eigenvalue weighted by Gasteiger charge is -2.38. The maximum atomic E-state index is 13.2. The minimum absolute atomic E-state index is 0.0210. The zero-order valence-electron chi connectivity index (χ0n) is 19.7. The predicted octanol–water partition coefficient (Wildman–Crippen LogP) is 4.71. The summed E-state index contributed by atoms with van der Waals surface area (Å²) in [5, 5.41) is 3.96. The lowest BCUT2D eigenvalue weighted by atomic mass is 9.87. The van der Waals surface area contributed by atoms with E-state index in [4.69, 9.17) is 18.7 Å². The van der Waals surface area contributed by atoms with Crippen molar-refractivity contribution >= 4 is 5.91 Å². The fraction of sp³-hybridized carbons (Fsp3) is 0.407. The van der Waals surface area contributed by atoms with Crippen LogP contribution in [0.25, 0.3) is 0 Å². The molecule has 2 aliphatic rings. The van der Waals surface area contributed by atoms with Gasteiger partial charge in [-0.1, -0.05) is 29.4 Å². The quantitative estimate of drug-likeness (QED) is 0.528. The highest BCUT2D eigenvalue weighted by molar-refractivity contribution is 5.94. The number of benzene rings is 2. The van der Waals surface area contributed by atoms with E-state index in [9.17, 15) is 4.79 Å². The topological polar surface area (TPSA) is 74.0 Å². The first-order valence-electron chi connectivity index (χ1n) is 11.8. The Morgan fingerprint density at radius 2 is 1.85 bits per heavy atom. The average Bonchev–Trinajstić information content (AvgIpc) is 3.40. The van der Waals surface area contributed by atoms with Crippen LogP contribution in [0.15, 0.2) is 59.1 Å². The summed E-state index contributed by atoms with van der Waals surface area (Å²) < 4.78 is 23.4. The van der Waals surface area contributed by atoms with Crippen LogP contribution in [0.1, 0.15) is 46.6 Å². The molecular weight excluding hydrogens is 432 g/mol. The molecule has 2 fully saturated rings. The Kier molecular flexibility index (Phi) is 6.28. The molecule has 0 unspecified atom stereocenters. The first-order chi connectivity index (χ1) is 16.5. The highest BCUT2D eigenvalue weighted by Gasteiger charge is 2.44. The molecule has 2 aromatic carbocycles. The minimum Gasteiger partial charge on any atom is -0.489 e. The number of aromatic nitrogens is 1. The second-order valence-corrected chi connectivity index (χ2v) is 9.16. The second-order valence-electron chi connectivity index (χ2n) is 9.16. The third-order valence-electron chi connectivity index (χ3n) is 6.83. The van der Waals surface area contributed by atoms with Gasteiger partial charge in [0.15, 0.2) is 0 Å². The lowest BCUT2D eigenvalue weighted by Crippen LogP contribution is -2.46. The molecule has 178 valence electrons. The van der Waals surface area contributed by atoms with Crippen molar-refractivity contribution in [3.05, 3.63) is 77.2 Å². The molecule has 2 aliphatic heterocycles. The van der Waals surface area contributed by atoms with Crippen LogP contribution in [0.2, 0.25) is 0 Å². The molecule has 0 bridgehead atoms. The molecule has 7 nitrogen and oxygen atoms in total. The van der Waals surface area contributed by atoms with Crippen molar-refractivity contribution in [3.8, 4) is 11.5 Å². The van der Waals surface area contributed by atoms with E-state index in [2.05, 4.69) is 5.16 Å². The number of hydrogen-bond acceptors (Lipinski definition) is 6. The molecule has 3 heterocycles. The number of carbonyl (C=O) groups is 1. The molecule has 7 heteroatoms. The third kappa shape index (κ3) is 4.80. The van der Waals surface area contributed by atoms with Crippen LogP contribution in [0, 0.1) is 13.8 Å². The summed E-state index contributed by atoms with van der Waals surface area (Å²) in [5.74, 6) is 2.29. The molecular formula is C27H30N2O5. The van der Waals surface area contributed by atoms with Crippen molar-refractivity contribution in [1.82, 2.24) is 10.1 Å². The maximum Gasteiger partial charge on any atom is 0.253 e. The van der Waals surface area contributed by atoms with Crippen molar-refractivity contribution < 1.29 is 23.5 Å². The highest BCUT2D eigenvalue weighted by atomic mass is 16.6. The van der Waals surface area contributed by atoms with Gasteiger partial charge in [-0.05, 0) is 57.0 Å². The molecule has 1 spiro atoms. The van der Waals surface area contributed by atoms with E-state index in [0.717, 1.165) is 42.0 Å². The van der Waals surface area contributed by atoms with Gasteiger partial charge in [0.05, 0.1) is 23.5 Å². The van der Waals surface area contributed by atoms with Crippen LogP contribution in [-0.4, -0.2) is 47.4 Å². The first kappa shape index (κ1) is 22.5. The number of piperidine rings is 1. The van der Waals surface area contributed by atoms with Gasteiger partial charge in [0.25, 0.3) is 5.91 Å². The third-order valence-corrected chi connectivity index (χ3v) is 6.83. The van der Waals surface area contributed by atoms with Gasteiger partial charge in [-0.3, -0.25) is 4.79 Å². The van der Waals surface area contributed by atoms with E-state index in [1.807, 2.05) is 67.3 Å². The van der Waals surface area contributed by atoms with Crippen LogP contribution in [0.4, 0.5) is 0 Å². The van der Waals surface area contributed by atoms with Crippen molar-refractivity contribution in [2.24, 2.45) is 0 Å². The van der Waals surface area contributed by atoms with Crippen LogP contribution < -0.4 is 9.47 Å². The molecule has 0 N–H and O–H groups in total. The molecule has 5 rings (SSSR count). The summed E-state index contributed by atoms with van der Waals surface area (Å²) in [6.45, 7) is 6.04. The van der Waals surface area contributed by atoms with E-state index >= 15 is 0 Å². The zero-order valence-corrected chi connectivity index (χ0v) is 19.7. The van der Waals surface area contributed by atoms with E-state index in [-0.39, 0.29) is 17.6 Å². The molecule has 0 radical (unpaired) electrons. The number of nitrogens with zero attached hydrogens (tertiary/aromatic N) is 2. The molecule has 2 saturated heterocycles. The second kappa shape index (κ2) is 9.50. The van der Waals surface area contributed by atoms with Crippen LogP contribution in [0.3, 0.4) is 0 Å². The van der Waals surface area contributed by atoms with Crippen molar-refractivity contribution in [1.29, 1.82) is 0 Å². The van der Waals surface area contributed by atoms with Gasteiger partial charge in [-0.2, -0.15) is 0 Å². The zero-order chi connectivity index (χ0) is 23.5. The van der Waals surface area contributed by atoms with Crippen LogP contribution in [-0.2, 0) is 11.3 Å². The van der Waals surface area contributed by atoms with E-state index in [1.165, 1.54) is 0 Å². The van der Waals surface area contributed by atoms with Crippen molar-refractivity contribution in [3.63, 3.8) is 0 Å². The SMILES string of the molecule is Cc1noc(C)c1COc1cccc(C(=O)N2CCC3(CC2)C[C@@H](Oc2ccccc2)CO3)c1. The first-order valence-corrected chi connectivity index (χ1v) is 11.8. The summed E-state index contributed by atoms with van der Waals surface area (Å²) in [6, 6.07) is 17.2. The maximum absolute atomic E-state index is 13.2. The molecule has 0 aliphatic carbocycles. The Balaban J connectivity index is 1.16. The number of carbonyl (C=O) groups excluding carboxylic acids is 1. The van der Waals surface area contributed by atoms with Gasteiger partial charge in [-0.25, -0.2) is 0 Å². The number of aryl methyl sites for hydroxylation is 2. The summed E-state index contributed by atoms with van der Waals surface area (Å²) in [6.07, 6.45) is 2.54. The standard InChI is InChI=1S/C27H30N2O5/c1-19-25(20(2)34-28-19)18-31-23-10-6-7-21(15-23)26(30)29-13-11-27(12-14-29)16-24(17-32-27)33-22-8-4-3-5-9-22/h3-10,15,24H,11-14,16-18H2,1-2H3/t24-/m1/s1. The molecule has 1 aromatic heterocycles. The Morgan fingerprint density at radius 3 is 2.59 bits per heavy atom. The summed E-state index contributed by atoms with van der Waals surface area (Å²) in [7, 11) is 0. The fourth-order valence-corrected chi connectivity index (χ4v) is 4.80. The van der Waals surface area contributed by atoms with Gasteiger partial charge in [-0.15, -0.1) is 0 Å². The van der Waals surface area contributed by atoms with E-state index in [1.54, 1.807) is 6.07 Å². The number of para-hydroxylation sites is 1. The Bertz CT molecular complexity index is 1120. The number of rotatable bonds is 6. The summed E-state index contributed by atoms with van der Waals surface area (Å²) >= 11 is 0. The van der Waals surface area contributed by atoms with Gasteiger partial charge in [0.2, 0.25) is 0 Å². The van der Waals surface area contributed by atoms with Crippen molar-refractivity contribution in [2.45, 2.75) is 51.4 Å². The minimum atomic E-state index is -0.199. The van der Waals surface area contributed by atoms with Gasteiger partial charge < -0.3 is 23.6 Å². The number of likely N-dealkylation sites (tertiary alicyclic amines) is 1. The fourth-order valence-electron chi connectivity index (χ4n) is 4.80. The van der Waals surface area contributed by atoms with Crippen LogP contribution >= 0.6 is 0 Å². The number of ether oxygens (including phenoxy) is 3. The van der Waals surface area contributed by atoms with Gasteiger partial charge in [0.1, 0.15) is 30.0 Å². The monoisotopic (exact) mass is 462 g/mol. The Labute approximate surface area is 199 Å². The molecule has 1 atom stereocenters. The highest BCUT2D eigenvalue weighted by Crippen LogP contribution is 2.37. The molecule has 3 aromatic rings. The Morgan fingerprint density at radius 1 is 1.09 bits per heavy atom. The molecule has 34 heavy (non-hydrogen) atoms. The van der Waals surface area contributed by atoms with Crippen LogP contribution in [0.5, 0.6) is 11.5 Å². The lowest BCUT2D eigenvalue weighted by molar-refractivity contribution is -0.0395. The smallest absolute Gasteiger partial charge is 0.253 e. The van der Waals surface area contributed by atoms with Gasteiger partial charge >= 0.3 is 0 Å². The Hall–Kier alpha value is -3.32. The predicted molar refractivity (Wildman–Crippen MR) is 126 cm³/mol. The van der Waals surface area contributed by atoms with E-state index < -0.39 is 0 Å². The van der Waals surface area contributed by atoms with E-state index in [0.29, 0.717) is 37.6 Å². The van der Waals surface area contributed by atoms with Gasteiger partial charge in [0, 0.05) is 25.1 Å². The number of amides is 1. The molecule has 1 amide bonds. The van der Waals surface area contributed by atoms with Crippen molar-refractivity contribution in [2.75, 3.05) is 19.7 Å². The normalized spacial score (nSPS) is 19.4. The molecule has 0 saturated carbocycles.